The maximum Gasteiger partial charge on any atom is 0.0590 e. The first-order chi connectivity index (χ1) is 6.86. The van der Waals surface area contributed by atoms with Crippen molar-refractivity contribution < 1.29 is 4.74 Å². The zero-order valence-electron chi connectivity index (χ0n) is 9.42. The Morgan fingerprint density at radius 2 is 2.21 bits per heavy atom. The molecule has 2 nitrogen and oxygen atoms in total. The largest absolute Gasteiger partial charge is 0.380 e. The summed E-state index contributed by atoms with van der Waals surface area (Å²) in [4.78, 5) is 0. The maximum absolute atomic E-state index is 5.43. The van der Waals surface area contributed by atoms with E-state index in [1.165, 1.54) is 19.3 Å². The Labute approximate surface area is 92.2 Å². The number of nitrogens with one attached hydrogen (secondary N) is 1. The molecule has 84 valence electrons. The van der Waals surface area contributed by atoms with Gasteiger partial charge in [0.15, 0.2) is 0 Å². The topological polar surface area (TPSA) is 21.3 Å². The fourth-order valence-corrected chi connectivity index (χ4v) is 2.72. The van der Waals surface area contributed by atoms with Crippen LogP contribution in [0.15, 0.2) is 0 Å². The van der Waals surface area contributed by atoms with Gasteiger partial charge in [-0.25, -0.2) is 0 Å². The Morgan fingerprint density at radius 1 is 1.36 bits per heavy atom. The molecule has 0 heterocycles. The molecule has 2 unspecified atom stereocenters. The number of rotatable bonds is 7. The van der Waals surface area contributed by atoms with Crippen LogP contribution in [0.5, 0.6) is 0 Å². The van der Waals surface area contributed by atoms with Gasteiger partial charge in [-0.3, -0.25) is 0 Å². The van der Waals surface area contributed by atoms with Crippen LogP contribution in [-0.4, -0.2) is 37.3 Å². The number of hydrogen-bond donors (Lipinski definition) is 1. The van der Waals surface area contributed by atoms with E-state index in [9.17, 15) is 0 Å². The van der Waals surface area contributed by atoms with E-state index in [1.54, 1.807) is 0 Å². The van der Waals surface area contributed by atoms with Crippen LogP contribution in [0.3, 0.4) is 0 Å². The molecule has 0 aromatic heterocycles. The van der Waals surface area contributed by atoms with Gasteiger partial charge < -0.3 is 10.1 Å². The van der Waals surface area contributed by atoms with Crippen molar-refractivity contribution in [3.63, 3.8) is 0 Å². The molecule has 1 aliphatic rings. The lowest BCUT2D eigenvalue weighted by molar-refractivity contribution is 0.134. The van der Waals surface area contributed by atoms with Crippen molar-refractivity contribution in [1.29, 1.82) is 0 Å². The van der Waals surface area contributed by atoms with Crippen LogP contribution < -0.4 is 5.32 Å². The van der Waals surface area contributed by atoms with Gasteiger partial charge in [0, 0.05) is 24.4 Å². The molecule has 2 atom stereocenters. The van der Waals surface area contributed by atoms with E-state index in [2.05, 4.69) is 18.5 Å². The minimum Gasteiger partial charge on any atom is -0.380 e. The first kappa shape index (κ1) is 12.3. The van der Waals surface area contributed by atoms with Crippen LogP contribution >= 0.6 is 11.8 Å². The van der Waals surface area contributed by atoms with E-state index in [0.717, 1.165) is 37.5 Å². The second-order valence-corrected chi connectivity index (χ2v) is 5.07. The quantitative estimate of drug-likeness (QED) is 0.661. The fourth-order valence-electron chi connectivity index (χ4n) is 1.92. The monoisotopic (exact) mass is 217 g/mol. The second-order valence-electron chi connectivity index (χ2n) is 3.93. The summed E-state index contributed by atoms with van der Waals surface area (Å²) < 4.78 is 5.43. The molecule has 0 radical (unpaired) electrons. The lowest BCUT2D eigenvalue weighted by Gasteiger charge is -2.12. The van der Waals surface area contributed by atoms with Crippen molar-refractivity contribution in [2.24, 2.45) is 0 Å². The van der Waals surface area contributed by atoms with Crippen LogP contribution in [0.2, 0.25) is 0 Å². The number of ether oxygens (including phenoxy) is 1. The smallest absolute Gasteiger partial charge is 0.0590 e. The molecule has 0 aromatic carbocycles. The zero-order chi connectivity index (χ0) is 10.2. The Morgan fingerprint density at radius 3 is 2.86 bits per heavy atom. The highest BCUT2D eigenvalue weighted by atomic mass is 32.2. The van der Waals surface area contributed by atoms with Gasteiger partial charge in [0.05, 0.1) is 6.61 Å². The van der Waals surface area contributed by atoms with Gasteiger partial charge in [-0.1, -0.05) is 6.92 Å². The highest BCUT2D eigenvalue weighted by Gasteiger charge is 2.22. The highest BCUT2D eigenvalue weighted by Crippen LogP contribution is 2.27. The molecule has 14 heavy (non-hydrogen) atoms. The average molecular weight is 217 g/mol. The van der Waals surface area contributed by atoms with E-state index >= 15 is 0 Å². The van der Waals surface area contributed by atoms with Crippen molar-refractivity contribution >= 4 is 11.8 Å². The summed E-state index contributed by atoms with van der Waals surface area (Å²) in [6.45, 7) is 4.94. The second kappa shape index (κ2) is 7.55. The highest BCUT2D eigenvalue weighted by molar-refractivity contribution is 7.99. The molecule has 3 heteroatoms. The van der Waals surface area contributed by atoms with Gasteiger partial charge in [0.2, 0.25) is 0 Å². The molecule has 1 saturated carbocycles. The van der Waals surface area contributed by atoms with E-state index < -0.39 is 0 Å². The molecule has 1 aliphatic carbocycles. The first-order valence-electron chi connectivity index (χ1n) is 5.70. The van der Waals surface area contributed by atoms with E-state index in [-0.39, 0.29) is 0 Å². The van der Waals surface area contributed by atoms with Crippen LogP contribution in [0.4, 0.5) is 0 Å². The Balaban J connectivity index is 1.92. The summed E-state index contributed by atoms with van der Waals surface area (Å²) in [6, 6.07) is 0.748. The minimum atomic E-state index is 0.748. The van der Waals surface area contributed by atoms with Gasteiger partial charge >= 0.3 is 0 Å². The molecule has 0 amide bonds. The SMILES string of the molecule is CCCOCCNC1CCC(SC)C1. The minimum absolute atomic E-state index is 0.748. The first-order valence-corrected chi connectivity index (χ1v) is 6.99. The van der Waals surface area contributed by atoms with Gasteiger partial charge in [-0.05, 0) is 31.9 Å². The Kier molecular flexibility index (Phi) is 6.65. The van der Waals surface area contributed by atoms with Crippen LogP contribution in [0.25, 0.3) is 0 Å². The number of thioether (sulfide) groups is 1. The van der Waals surface area contributed by atoms with Crippen molar-refractivity contribution in [3.05, 3.63) is 0 Å². The van der Waals surface area contributed by atoms with Gasteiger partial charge in [-0.15, -0.1) is 0 Å². The molecule has 0 saturated heterocycles. The summed E-state index contributed by atoms with van der Waals surface area (Å²) in [6.07, 6.45) is 7.41. The van der Waals surface area contributed by atoms with Gasteiger partial charge in [-0.2, -0.15) is 11.8 Å². The fraction of sp³-hybridized carbons (Fsp3) is 1.00. The molecular weight excluding hydrogens is 194 g/mol. The third-order valence-corrected chi connectivity index (χ3v) is 3.84. The van der Waals surface area contributed by atoms with Crippen LogP contribution in [0, 0.1) is 0 Å². The molecular formula is C11H23NOS. The van der Waals surface area contributed by atoms with Crippen LogP contribution in [-0.2, 0) is 4.74 Å². The van der Waals surface area contributed by atoms with E-state index in [0.29, 0.717) is 0 Å². The Bertz CT molecular complexity index is 143. The summed E-state index contributed by atoms with van der Waals surface area (Å²) >= 11 is 2.01. The molecule has 0 aromatic rings. The summed E-state index contributed by atoms with van der Waals surface area (Å²) in [7, 11) is 0. The lowest BCUT2D eigenvalue weighted by Crippen LogP contribution is -2.30. The molecule has 0 spiro atoms. The molecule has 1 fully saturated rings. The molecule has 1 N–H and O–H groups in total. The number of hydrogen-bond acceptors (Lipinski definition) is 3. The summed E-state index contributed by atoms with van der Waals surface area (Å²) in [5.41, 5.74) is 0. The van der Waals surface area contributed by atoms with Crippen molar-refractivity contribution in [3.8, 4) is 0 Å². The average Bonchev–Trinajstić information content (AvgIpc) is 2.65. The maximum atomic E-state index is 5.43. The third-order valence-electron chi connectivity index (χ3n) is 2.75. The van der Waals surface area contributed by atoms with E-state index in [1.807, 2.05) is 11.8 Å². The van der Waals surface area contributed by atoms with Crippen LogP contribution in [0.1, 0.15) is 32.6 Å². The summed E-state index contributed by atoms with van der Waals surface area (Å²) in [5, 5.41) is 4.46. The third kappa shape index (κ3) is 4.67. The lowest BCUT2D eigenvalue weighted by atomic mass is 10.2. The zero-order valence-corrected chi connectivity index (χ0v) is 10.2. The van der Waals surface area contributed by atoms with Gasteiger partial charge in [0.25, 0.3) is 0 Å². The van der Waals surface area contributed by atoms with Gasteiger partial charge in [0.1, 0.15) is 0 Å². The van der Waals surface area contributed by atoms with Crippen molar-refractivity contribution in [1.82, 2.24) is 5.32 Å². The predicted molar refractivity (Wildman–Crippen MR) is 64.1 cm³/mol. The van der Waals surface area contributed by atoms with Crippen molar-refractivity contribution in [2.45, 2.75) is 43.9 Å². The molecule has 1 rings (SSSR count). The summed E-state index contributed by atoms with van der Waals surface area (Å²) in [5.74, 6) is 0. The normalized spacial score (nSPS) is 27.0. The molecule has 0 bridgehead atoms. The predicted octanol–water partition coefficient (Wildman–Crippen LogP) is 2.29. The van der Waals surface area contributed by atoms with Crippen molar-refractivity contribution in [2.75, 3.05) is 26.0 Å². The molecule has 0 aliphatic heterocycles. The Hall–Kier alpha value is 0.270. The standard InChI is InChI=1S/C11H23NOS/c1-3-7-13-8-6-12-10-4-5-11(9-10)14-2/h10-12H,3-9H2,1-2H3. The van der Waals surface area contributed by atoms with E-state index in [4.69, 9.17) is 4.74 Å².